The van der Waals surface area contributed by atoms with Crippen LogP contribution in [0.1, 0.15) is 18.9 Å². The average molecular weight is 371 g/mol. The summed E-state index contributed by atoms with van der Waals surface area (Å²) in [5.74, 6) is -0.215. The van der Waals surface area contributed by atoms with Gasteiger partial charge < -0.3 is 21.1 Å². The molecule has 1 aromatic rings. The maximum Gasteiger partial charge on any atom is 0.236 e. The van der Waals surface area contributed by atoms with E-state index in [0.29, 0.717) is 13.0 Å². The van der Waals surface area contributed by atoms with Gasteiger partial charge in [0, 0.05) is 38.3 Å². The number of carbonyl (C=O) groups excluding carboxylic acids is 2. The van der Waals surface area contributed by atoms with E-state index >= 15 is 0 Å². The molecule has 2 amide bonds. The Bertz CT molecular complexity index is 563. The smallest absolute Gasteiger partial charge is 0.236 e. The van der Waals surface area contributed by atoms with Crippen LogP contribution in [-0.4, -0.2) is 55.6 Å². The van der Waals surface area contributed by atoms with Gasteiger partial charge in [0.2, 0.25) is 11.8 Å². The molecule has 1 saturated heterocycles. The molecule has 0 aliphatic carbocycles. The maximum atomic E-state index is 12.1. The quantitative estimate of drug-likeness (QED) is 0.657. The van der Waals surface area contributed by atoms with Gasteiger partial charge in [-0.3, -0.25) is 14.5 Å². The fourth-order valence-electron chi connectivity index (χ4n) is 2.42. The zero-order chi connectivity index (χ0) is 17.4. The van der Waals surface area contributed by atoms with E-state index in [-0.39, 0.29) is 24.2 Å². The van der Waals surface area contributed by atoms with Crippen LogP contribution in [0.3, 0.4) is 0 Å². The van der Waals surface area contributed by atoms with E-state index in [1.165, 1.54) is 0 Å². The Labute approximate surface area is 154 Å². The van der Waals surface area contributed by atoms with Crippen molar-refractivity contribution in [2.45, 2.75) is 25.9 Å². The molecule has 25 heavy (non-hydrogen) atoms. The lowest BCUT2D eigenvalue weighted by Crippen LogP contribution is -2.38. The van der Waals surface area contributed by atoms with Gasteiger partial charge in [-0.25, -0.2) is 0 Å². The van der Waals surface area contributed by atoms with Crippen molar-refractivity contribution in [2.24, 2.45) is 5.73 Å². The molecule has 8 heteroatoms. The molecule has 0 saturated carbocycles. The summed E-state index contributed by atoms with van der Waals surface area (Å²) in [4.78, 5) is 25.8. The van der Waals surface area contributed by atoms with Gasteiger partial charge >= 0.3 is 0 Å². The molecular weight excluding hydrogens is 344 g/mol. The van der Waals surface area contributed by atoms with Crippen molar-refractivity contribution in [3.8, 4) is 0 Å². The van der Waals surface area contributed by atoms with Crippen LogP contribution in [0.4, 0.5) is 5.69 Å². The third-order valence-electron chi connectivity index (χ3n) is 3.85. The molecule has 1 fully saturated rings. The molecule has 7 nitrogen and oxygen atoms in total. The fraction of sp³-hybridized carbons (Fsp3) is 0.529. The number of ether oxygens (including phenoxy) is 1. The molecule has 1 aliphatic rings. The van der Waals surface area contributed by atoms with Crippen LogP contribution in [-0.2, 0) is 20.9 Å². The first-order valence-electron chi connectivity index (χ1n) is 8.27. The topological polar surface area (TPSA) is 96.7 Å². The van der Waals surface area contributed by atoms with Crippen LogP contribution in [0, 0.1) is 0 Å². The zero-order valence-corrected chi connectivity index (χ0v) is 15.3. The first kappa shape index (κ1) is 21.4. The molecular formula is C17H27ClN4O3. The fourth-order valence-corrected chi connectivity index (χ4v) is 2.42. The number of benzene rings is 1. The summed E-state index contributed by atoms with van der Waals surface area (Å²) >= 11 is 0. The Balaban J connectivity index is 0.00000312. The second-order valence-electron chi connectivity index (χ2n) is 5.96. The SMILES string of the molecule is CC(N)C(=O)NCc1cccc(NC(=O)CCN2CCOCC2)c1.Cl. The van der Waals surface area contributed by atoms with E-state index in [1.54, 1.807) is 6.92 Å². The van der Waals surface area contributed by atoms with Gasteiger partial charge in [0.1, 0.15) is 0 Å². The maximum absolute atomic E-state index is 12.1. The number of amides is 2. The average Bonchev–Trinajstić information content (AvgIpc) is 2.59. The molecule has 0 spiro atoms. The molecule has 1 heterocycles. The zero-order valence-electron chi connectivity index (χ0n) is 14.5. The molecule has 1 unspecified atom stereocenters. The van der Waals surface area contributed by atoms with Crippen molar-refractivity contribution >= 4 is 29.9 Å². The lowest BCUT2D eigenvalue weighted by atomic mass is 10.2. The van der Waals surface area contributed by atoms with Gasteiger partial charge in [-0.2, -0.15) is 0 Å². The Morgan fingerprint density at radius 2 is 2.04 bits per heavy atom. The number of rotatable bonds is 7. The predicted octanol–water partition coefficient (Wildman–Crippen LogP) is 0.733. The van der Waals surface area contributed by atoms with Crippen molar-refractivity contribution in [1.82, 2.24) is 10.2 Å². The second-order valence-corrected chi connectivity index (χ2v) is 5.96. The lowest BCUT2D eigenvalue weighted by Gasteiger charge is -2.26. The number of hydrogen-bond acceptors (Lipinski definition) is 5. The van der Waals surface area contributed by atoms with Crippen molar-refractivity contribution in [2.75, 3.05) is 38.2 Å². The van der Waals surface area contributed by atoms with Crippen LogP contribution in [0.15, 0.2) is 24.3 Å². The van der Waals surface area contributed by atoms with Crippen molar-refractivity contribution in [3.05, 3.63) is 29.8 Å². The molecule has 0 aromatic heterocycles. The number of nitrogens with one attached hydrogen (secondary N) is 2. The summed E-state index contributed by atoms with van der Waals surface area (Å²) in [5.41, 5.74) is 7.15. The molecule has 140 valence electrons. The summed E-state index contributed by atoms with van der Waals surface area (Å²) in [5, 5.41) is 5.65. The Morgan fingerprint density at radius 1 is 1.32 bits per heavy atom. The summed E-state index contributed by atoms with van der Waals surface area (Å²) < 4.78 is 5.29. The highest BCUT2D eigenvalue weighted by atomic mass is 35.5. The Kier molecular flexibility index (Phi) is 9.44. The number of anilines is 1. The van der Waals surface area contributed by atoms with E-state index in [9.17, 15) is 9.59 Å². The largest absolute Gasteiger partial charge is 0.379 e. The van der Waals surface area contributed by atoms with Crippen molar-refractivity contribution in [1.29, 1.82) is 0 Å². The summed E-state index contributed by atoms with van der Waals surface area (Å²) in [6.45, 7) is 5.98. The number of nitrogens with zero attached hydrogens (tertiary/aromatic N) is 1. The minimum atomic E-state index is -0.534. The third kappa shape index (κ3) is 7.83. The molecule has 0 radical (unpaired) electrons. The van der Waals surface area contributed by atoms with Gasteiger partial charge in [-0.15, -0.1) is 12.4 Å². The van der Waals surface area contributed by atoms with E-state index in [4.69, 9.17) is 10.5 Å². The third-order valence-corrected chi connectivity index (χ3v) is 3.85. The molecule has 1 atom stereocenters. The number of morpholine rings is 1. The lowest BCUT2D eigenvalue weighted by molar-refractivity contribution is -0.122. The standard InChI is InChI=1S/C17H26N4O3.ClH/c1-13(18)17(23)19-12-14-3-2-4-15(11-14)20-16(22)5-6-21-7-9-24-10-8-21;/h2-4,11,13H,5-10,12,18H2,1H3,(H,19,23)(H,20,22);1H. The predicted molar refractivity (Wildman–Crippen MR) is 99.7 cm³/mol. The number of carbonyl (C=O) groups is 2. The van der Waals surface area contributed by atoms with Crippen LogP contribution in [0.5, 0.6) is 0 Å². The van der Waals surface area contributed by atoms with Crippen LogP contribution in [0.25, 0.3) is 0 Å². The molecule has 4 N–H and O–H groups in total. The highest BCUT2D eigenvalue weighted by Gasteiger charge is 2.12. The summed E-state index contributed by atoms with van der Waals surface area (Å²) in [6.07, 6.45) is 0.450. The molecule has 1 aromatic carbocycles. The molecule has 1 aliphatic heterocycles. The first-order valence-corrected chi connectivity index (χ1v) is 8.27. The first-order chi connectivity index (χ1) is 11.5. The second kappa shape index (κ2) is 11.0. The van der Waals surface area contributed by atoms with E-state index in [2.05, 4.69) is 15.5 Å². The van der Waals surface area contributed by atoms with Gasteiger partial charge in [-0.05, 0) is 24.6 Å². The minimum Gasteiger partial charge on any atom is -0.379 e. The van der Waals surface area contributed by atoms with Gasteiger partial charge in [0.05, 0.1) is 19.3 Å². The highest BCUT2D eigenvalue weighted by molar-refractivity contribution is 5.90. The normalized spacial score (nSPS) is 15.8. The number of halogens is 1. The van der Waals surface area contributed by atoms with E-state index in [1.807, 2.05) is 24.3 Å². The van der Waals surface area contributed by atoms with E-state index < -0.39 is 6.04 Å². The summed E-state index contributed by atoms with van der Waals surface area (Å²) in [7, 11) is 0. The molecule has 2 rings (SSSR count). The van der Waals surface area contributed by atoms with Gasteiger partial charge in [0.15, 0.2) is 0 Å². The van der Waals surface area contributed by atoms with Crippen LogP contribution < -0.4 is 16.4 Å². The van der Waals surface area contributed by atoms with Gasteiger partial charge in [-0.1, -0.05) is 12.1 Å². The Morgan fingerprint density at radius 3 is 2.72 bits per heavy atom. The van der Waals surface area contributed by atoms with E-state index in [0.717, 1.165) is 44.1 Å². The van der Waals surface area contributed by atoms with Gasteiger partial charge in [0.25, 0.3) is 0 Å². The highest BCUT2D eigenvalue weighted by Crippen LogP contribution is 2.11. The minimum absolute atomic E-state index is 0. The van der Waals surface area contributed by atoms with Crippen LogP contribution in [0.2, 0.25) is 0 Å². The van der Waals surface area contributed by atoms with Crippen molar-refractivity contribution < 1.29 is 14.3 Å². The number of nitrogens with two attached hydrogens (primary N) is 1. The monoisotopic (exact) mass is 370 g/mol. The number of hydrogen-bond donors (Lipinski definition) is 3. The molecule has 0 bridgehead atoms. The summed E-state index contributed by atoms with van der Waals surface area (Å²) in [6, 6.07) is 6.90. The van der Waals surface area contributed by atoms with Crippen molar-refractivity contribution in [3.63, 3.8) is 0 Å². The Hall–Kier alpha value is -1.67. The van der Waals surface area contributed by atoms with Crippen LogP contribution >= 0.6 is 12.4 Å².